The van der Waals surface area contributed by atoms with Crippen molar-refractivity contribution in [2.45, 2.75) is 43.8 Å². The van der Waals surface area contributed by atoms with E-state index in [-0.39, 0.29) is 46.8 Å². The van der Waals surface area contributed by atoms with Crippen LogP contribution in [0.1, 0.15) is 41.6 Å². The van der Waals surface area contributed by atoms with Gasteiger partial charge in [-0.25, -0.2) is 18.2 Å². The highest BCUT2D eigenvalue weighted by molar-refractivity contribution is 7.85. The van der Waals surface area contributed by atoms with Crippen LogP contribution >= 0.6 is 0 Å². The molecule has 10 heteroatoms. The van der Waals surface area contributed by atoms with Gasteiger partial charge in [0.2, 0.25) is 0 Å². The molecule has 1 fully saturated rings. The van der Waals surface area contributed by atoms with Gasteiger partial charge in [0, 0.05) is 75.3 Å². The van der Waals surface area contributed by atoms with Gasteiger partial charge in [0.25, 0.3) is 0 Å². The van der Waals surface area contributed by atoms with Gasteiger partial charge < -0.3 is 19.5 Å². The molecule has 6 rings (SSSR count). The third kappa shape index (κ3) is 5.63. The molecule has 0 spiro atoms. The third-order valence-electron chi connectivity index (χ3n) is 7.65. The van der Waals surface area contributed by atoms with Gasteiger partial charge in [-0.05, 0) is 61.1 Å². The molecule has 0 bridgehead atoms. The first-order chi connectivity index (χ1) is 20.4. The van der Waals surface area contributed by atoms with Crippen molar-refractivity contribution in [1.82, 2.24) is 15.0 Å². The van der Waals surface area contributed by atoms with Crippen molar-refractivity contribution in [2.24, 2.45) is 0 Å². The van der Waals surface area contributed by atoms with Gasteiger partial charge in [0.05, 0.1) is 5.56 Å². The van der Waals surface area contributed by atoms with E-state index in [1.54, 1.807) is 24.4 Å². The van der Waals surface area contributed by atoms with Crippen molar-refractivity contribution in [3.8, 4) is 22.9 Å². The molecule has 2 atom stereocenters. The molecule has 2 N–H and O–H groups in total. The first-order valence-electron chi connectivity index (χ1n) is 13.8. The molecular formula is C32H28F3N3O3S. The predicted molar refractivity (Wildman–Crippen MR) is 156 cm³/mol. The number of hydrogen-bond acceptors (Lipinski definition) is 4. The zero-order valence-electron chi connectivity index (χ0n) is 22.6. The van der Waals surface area contributed by atoms with Crippen molar-refractivity contribution in [3.63, 3.8) is 0 Å². The maximum absolute atomic E-state index is 15.4. The lowest BCUT2D eigenvalue weighted by atomic mass is 10.0. The summed E-state index contributed by atoms with van der Waals surface area (Å²) in [5, 5.41) is 0.698. The summed E-state index contributed by atoms with van der Waals surface area (Å²) in [6.07, 6.45) is 6.79. The van der Waals surface area contributed by atoms with Crippen LogP contribution in [-0.4, -0.2) is 36.4 Å². The summed E-state index contributed by atoms with van der Waals surface area (Å²) in [6, 6.07) is 12.3. The first-order valence-corrected chi connectivity index (χ1v) is 15.2. The molecule has 5 aromatic rings. The van der Waals surface area contributed by atoms with Crippen LogP contribution in [0.25, 0.3) is 22.3 Å². The molecule has 3 heterocycles. The lowest BCUT2D eigenvalue weighted by molar-refractivity contribution is -0.107. The van der Waals surface area contributed by atoms with Gasteiger partial charge in [0.15, 0.2) is 11.6 Å². The summed E-state index contributed by atoms with van der Waals surface area (Å²) in [4.78, 5) is 21.1. The normalized spacial score (nSPS) is 16.7. The maximum atomic E-state index is 15.4. The Balaban J connectivity index is 1.28. The van der Waals surface area contributed by atoms with Crippen molar-refractivity contribution >= 4 is 28.0 Å². The molecule has 1 saturated heterocycles. The van der Waals surface area contributed by atoms with Crippen molar-refractivity contribution in [3.05, 3.63) is 101 Å². The lowest BCUT2D eigenvalue weighted by Crippen LogP contribution is -2.13. The molecule has 1 aliphatic heterocycles. The van der Waals surface area contributed by atoms with E-state index in [0.717, 1.165) is 24.5 Å². The lowest BCUT2D eigenvalue weighted by Gasteiger charge is -2.17. The Kier molecular flexibility index (Phi) is 7.97. The number of carbonyl (C=O) groups is 1. The molecular weight excluding hydrogens is 563 g/mol. The van der Waals surface area contributed by atoms with Crippen LogP contribution < -0.4 is 4.74 Å². The second-order valence-electron chi connectivity index (χ2n) is 10.4. The standard InChI is InChI=1S/C32H28F3N3O3S/c33-27-9-8-22(41-31-25(16-23-7-3-13-42(23)40)24-10-11-36-29(24)17-28(31)34)15-26(27)32-37-18-21(38-32)14-20-5-1-4-19(30(20)35)6-2-12-39/h1,4-5,8-12,15,17-18,23,36H,2-3,6-7,13-14,16H2,(H,37,38). The number of halogens is 3. The fraction of sp³-hybridized carbons (Fsp3) is 0.250. The fourth-order valence-electron chi connectivity index (χ4n) is 5.55. The zero-order chi connectivity index (χ0) is 29.2. The Morgan fingerprint density at radius 3 is 2.74 bits per heavy atom. The van der Waals surface area contributed by atoms with Gasteiger partial charge in [-0.15, -0.1) is 0 Å². The van der Waals surface area contributed by atoms with Crippen LogP contribution in [0.15, 0.2) is 60.9 Å². The topological polar surface area (TPSA) is 87.8 Å². The van der Waals surface area contributed by atoms with Gasteiger partial charge in [0.1, 0.15) is 29.5 Å². The fourth-order valence-corrected chi connectivity index (χ4v) is 7.11. The van der Waals surface area contributed by atoms with E-state index in [4.69, 9.17) is 4.74 Å². The predicted octanol–water partition coefficient (Wildman–Crippen LogP) is 6.94. The van der Waals surface area contributed by atoms with Crippen molar-refractivity contribution < 1.29 is 26.9 Å². The second kappa shape index (κ2) is 12.0. The number of aromatic nitrogens is 3. The summed E-state index contributed by atoms with van der Waals surface area (Å²) in [6.45, 7) is 0. The minimum absolute atomic E-state index is 0.0219. The largest absolute Gasteiger partial charge is 0.454 e. The van der Waals surface area contributed by atoms with Crippen molar-refractivity contribution in [1.29, 1.82) is 0 Å². The number of ether oxygens (including phenoxy) is 1. The van der Waals surface area contributed by atoms with Crippen LogP contribution in [-0.2, 0) is 34.9 Å². The molecule has 0 aliphatic carbocycles. The Hall–Kier alpha value is -4.18. The molecule has 2 unspecified atom stereocenters. The number of aromatic amines is 2. The number of nitrogens with one attached hydrogen (secondary N) is 2. The Morgan fingerprint density at radius 1 is 1.07 bits per heavy atom. The maximum Gasteiger partial charge on any atom is 0.168 e. The molecule has 2 aromatic heterocycles. The minimum Gasteiger partial charge on any atom is -0.454 e. The Labute approximate surface area is 242 Å². The van der Waals surface area contributed by atoms with Gasteiger partial charge >= 0.3 is 0 Å². The first kappa shape index (κ1) is 28.0. The number of aldehydes is 1. The molecule has 0 radical (unpaired) electrons. The van der Waals surface area contributed by atoms with Crippen LogP contribution in [0.4, 0.5) is 13.2 Å². The monoisotopic (exact) mass is 591 g/mol. The van der Waals surface area contributed by atoms with E-state index >= 15 is 4.39 Å². The molecule has 216 valence electrons. The number of fused-ring (bicyclic) bond motifs is 1. The van der Waals surface area contributed by atoms with Crippen LogP contribution in [0.2, 0.25) is 0 Å². The number of aryl methyl sites for hydroxylation is 1. The molecule has 0 saturated carbocycles. The summed E-state index contributed by atoms with van der Waals surface area (Å²) in [5.74, 6) is -0.434. The zero-order valence-corrected chi connectivity index (χ0v) is 23.4. The minimum atomic E-state index is -0.990. The van der Waals surface area contributed by atoms with E-state index in [1.165, 1.54) is 30.5 Å². The van der Waals surface area contributed by atoms with Gasteiger partial charge in [-0.1, -0.05) is 18.2 Å². The van der Waals surface area contributed by atoms with E-state index in [1.807, 2.05) is 6.07 Å². The van der Waals surface area contributed by atoms with Crippen LogP contribution in [0, 0.1) is 17.5 Å². The van der Waals surface area contributed by atoms with Crippen LogP contribution in [0.3, 0.4) is 0 Å². The number of H-pyrrole nitrogens is 2. The van der Waals surface area contributed by atoms with Crippen LogP contribution in [0.5, 0.6) is 11.5 Å². The van der Waals surface area contributed by atoms with E-state index in [9.17, 15) is 17.8 Å². The van der Waals surface area contributed by atoms with E-state index in [0.29, 0.717) is 46.5 Å². The molecule has 42 heavy (non-hydrogen) atoms. The number of imidazole rings is 1. The molecule has 1 aliphatic rings. The smallest absolute Gasteiger partial charge is 0.168 e. The Morgan fingerprint density at radius 2 is 1.93 bits per heavy atom. The van der Waals surface area contributed by atoms with E-state index < -0.39 is 22.4 Å². The highest BCUT2D eigenvalue weighted by atomic mass is 32.2. The summed E-state index contributed by atoms with van der Waals surface area (Å²) < 4.78 is 63.9. The number of carbonyl (C=O) groups excluding carboxylic acids is 1. The number of nitrogens with zero attached hydrogens (tertiary/aromatic N) is 1. The number of benzene rings is 3. The average molecular weight is 592 g/mol. The summed E-state index contributed by atoms with van der Waals surface area (Å²) in [7, 11) is -0.990. The summed E-state index contributed by atoms with van der Waals surface area (Å²) >= 11 is 0. The number of rotatable bonds is 10. The third-order valence-corrected chi connectivity index (χ3v) is 9.49. The quantitative estimate of drug-likeness (QED) is 0.172. The SMILES string of the molecule is O=CCCc1cccc(Cc2cnc(-c3cc(Oc4c(F)cc5[nH]ccc5c4CC4CCCS4=O)ccc3F)[nH]2)c1F. The summed E-state index contributed by atoms with van der Waals surface area (Å²) in [5.41, 5.74) is 2.80. The number of hydrogen-bond donors (Lipinski definition) is 2. The molecule has 3 aromatic carbocycles. The molecule has 0 amide bonds. The van der Waals surface area contributed by atoms with Gasteiger partial charge in [-0.2, -0.15) is 0 Å². The average Bonchev–Trinajstić information content (AvgIpc) is 3.74. The highest BCUT2D eigenvalue weighted by Gasteiger charge is 2.27. The second-order valence-corrected chi connectivity index (χ2v) is 12.3. The molecule has 6 nitrogen and oxygen atoms in total. The van der Waals surface area contributed by atoms with Gasteiger partial charge in [-0.3, -0.25) is 4.21 Å². The Bertz CT molecular complexity index is 1800. The van der Waals surface area contributed by atoms with Crippen molar-refractivity contribution in [2.75, 3.05) is 5.75 Å². The van der Waals surface area contributed by atoms with E-state index in [2.05, 4.69) is 15.0 Å². The highest BCUT2D eigenvalue weighted by Crippen LogP contribution is 2.38.